The second-order valence-corrected chi connectivity index (χ2v) is 5.26. The predicted molar refractivity (Wildman–Crippen MR) is 77.9 cm³/mol. The quantitative estimate of drug-likeness (QED) is 0.424. The molecule has 0 aromatic carbocycles. The minimum Gasteiger partial charge on any atom is -0.358 e. The molecule has 9 nitrogen and oxygen atoms in total. The molecular formula is C11H11N7O2S. The van der Waals surface area contributed by atoms with Crippen LogP contribution in [0.25, 0.3) is 10.2 Å². The molecule has 0 radical (unpaired) electrons. The van der Waals surface area contributed by atoms with E-state index in [2.05, 4.69) is 20.5 Å². The summed E-state index contributed by atoms with van der Waals surface area (Å²) >= 11 is 1.47. The fourth-order valence-electron chi connectivity index (χ4n) is 2.00. The maximum absolute atomic E-state index is 10.8. The average molecular weight is 305 g/mol. The van der Waals surface area contributed by atoms with Crippen molar-refractivity contribution in [3.05, 3.63) is 39.1 Å². The summed E-state index contributed by atoms with van der Waals surface area (Å²) in [5.41, 5.74) is 3.03. The third-order valence-electron chi connectivity index (χ3n) is 2.90. The highest BCUT2D eigenvalue weighted by atomic mass is 32.1. The van der Waals surface area contributed by atoms with Crippen molar-refractivity contribution in [3.8, 4) is 0 Å². The molecular weight excluding hydrogens is 294 g/mol. The van der Waals surface area contributed by atoms with E-state index in [0.29, 0.717) is 17.2 Å². The van der Waals surface area contributed by atoms with Crippen LogP contribution in [0.3, 0.4) is 0 Å². The fourth-order valence-corrected chi connectivity index (χ4v) is 2.78. The number of aryl methyl sites for hydroxylation is 1. The molecule has 0 saturated carbocycles. The molecule has 0 bridgehead atoms. The summed E-state index contributed by atoms with van der Waals surface area (Å²) in [5, 5.41) is 17.5. The van der Waals surface area contributed by atoms with Gasteiger partial charge < -0.3 is 15.5 Å². The highest BCUT2D eigenvalue weighted by molar-refractivity contribution is 7.16. The fraction of sp³-hybridized carbons (Fsp3) is 0.182. The van der Waals surface area contributed by atoms with Crippen molar-refractivity contribution in [1.29, 1.82) is 0 Å². The number of nitrogens with zero attached hydrogens (tertiary/aromatic N) is 5. The molecule has 0 atom stereocenters. The highest BCUT2D eigenvalue weighted by Gasteiger charge is 2.18. The van der Waals surface area contributed by atoms with Gasteiger partial charge in [-0.1, -0.05) is 0 Å². The van der Waals surface area contributed by atoms with Crippen LogP contribution < -0.4 is 11.3 Å². The number of hydrogen-bond donors (Lipinski definition) is 2. The van der Waals surface area contributed by atoms with Gasteiger partial charge in [-0.25, -0.2) is 15.8 Å². The molecule has 3 heterocycles. The van der Waals surface area contributed by atoms with Crippen LogP contribution in [0.2, 0.25) is 0 Å². The van der Waals surface area contributed by atoms with Crippen LogP contribution in [0.4, 0.5) is 11.6 Å². The first-order valence-electron chi connectivity index (χ1n) is 5.97. The molecule has 3 rings (SSSR count). The summed E-state index contributed by atoms with van der Waals surface area (Å²) in [5.74, 6) is 6.30. The molecule has 10 heteroatoms. The van der Waals surface area contributed by atoms with Gasteiger partial charge in [0.2, 0.25) is 0 Å². The Hall–Kier alpha value is -2.59. The lowest BCUT2D eigenvalue weighted by molar-refractivity contribution is -0.390. The van der Waals surface area contributed by atoms with Crippen molar-refractivity contribution in [2.75, 3.05) is 5.43 Å². The Morgan fingerprint density at radius 1 is 1.52 bits per heavy atom. The first-order valence-corrected chi connectivity index (χ1v) is 6.85. The molecule has 0 unspecified atom stereocenters. The molecule has 21 heavy (non-hydrogen) atoms. The van der Waals surface area contributed by atoms with Crippen molar-refractivity contribution < 1.29 is 4.92 Å². The van der Waals surface area contributed by atoms with Gasteiger partial charge in [0.1, 0.15) is 11.4 Å². The second-order valence-electron chi connectivity index (χ2n) is 4.36. The maximum Gasteiger partial charge on any atom is 0.392 e. The van der Waals surface area contributed by atoms with Crippen molar-refractivity contribution >= 4 is 33.2 Å². The molecule has 108 valence electrons. The molecule has 0 aliphatic heterocycles. The molecule has 0 fully saturated rings. The highest BCUT2D eigenvalue weighted by Crippen LogP contribution is 2.24. The van der Waals surface area contributed by atoms with Gasteiger partial charge in [-0.2, -0.15) is 4.68 Å². The number of anilines is 1. The topological polar surface area (TPSA) is 125 Å². The van der Waals surface area contributed by atoms with Crippen molar-refractivity contribution in [3.63, 3.8) is 0 Å². The van der Waals surface area contributed by atoms with E-state index in [1.807, 2.05) is 11.4 Å². The number of nitrogen functional groups attached to an aromatic ring is 1. The number of fused-ring (bicyclic) bond motifs is 1. The Morgan fingerprint density at radius 3 is 3.00 bits per heavy atom. The summed E-state index contributed by atoms with van der Waals surface area (Å²) < 4.78 is 1.45. The SMILES string of the molecule is Cc1cn(Cc2nc(NN)c3ccsc3n2)nc1[N+](=O)[O-]. The average Bonchev–Trinajstić information content (AvgIpc) is 3.04. The lowest BCUT2D eigenvalue weighted by Crippen LogP contribution is -2.12. The number of rotatable bonds is 4. The van der Waals surface area contributed by atoms with Gasteiger partial charge >= 0.3 is 5.82 Å². The Balaban J connectivity index is 1.97. The predicted octanol–water partition coefficient (Wildman–Crippen LogP) is 1.44. The van der Waals surface area contributed by atoms with Gasteiger partial charge in [0.25, 0.3) is 0 Å². The van der Waals surface area contributed by atoms with E-state index in [1.54, 1.807) is 13.1 Å². The van der Waals surface area contributed by atoms with Gasteiger partial charge in [-0.3, -0.25) is 0 Å². The number of aromatic nitrogens is 4. The Morgan fingerprint density at radius 2 is 2.33 bits per heavy atom. The van der Waals surface area contributed by atoms with Crippen LogP contribution in [0.15, 0.2) is 17.6 Å². The Labute approximate surface area is 122 Å². The minimum atomic E-state index is -0.512. The van der Waals surface area contributed by atoms with E-state index >= 15 is 0 Å². The molecule has 0 aliphatic rings. The van der Waals surface area contributed by atoms with Gasteiger partial charge in [-0.05, 0) is 23.3 Å². The molecule has 3 aromatic rings. The Kier molecular flexibility index (Phi) is 3.23. The van der Waals surface area contributed by atoms with Crippen LogP contribution in [0, 0.1) is 17.0 Å². The zero-order chi connectivity index (χ0) is 15.0. The molecule has 3 N–H and O–H groups in total. The maximum atomic E-state index is 10.8. The zero-order valence-corrected chi connectivity index (χ0v) is 11.8. The van der Waals surface area contributed by atoms with Crippen LogP contribution in [0.1, 0.15) is 11.4 Å². The first kappa shape index (κ1) is 13.4. The normalized spacial score (nSPS) is 11.0. The van der Waals surface area contributed by atoms with Crippen LogP contribution >= 0.6 is 11.3 Å². The first-order chi connectivity index (χ1) is 10.1. The minimum absolute atomic E-state index is 0.163. The summed E-state index contributed by atoms with van der Waals surface area (Å²) in [6.45, 7) is 1.87. The van der Waals surface area contributed by atoms with Gasteiger partial charge in [0, 0.05) is 0 Å². The number of thiophene rings is 1. The molecule has 3 aromatic heterocycles. The number of nitro groups is 1. The number of hydrogen-bond acceptors (Lipinski definition) is 8. The van der Waals surface area contributed by atoms with Crippen molar-refractivity contribution in [2.45, 2.75) is 13.5 Å². The molecule has 0 saturated heterocycles. The lowest BCUT2D eigenvalue weighted by Gasteiger charge is -2.03. The van der Waals surface area contributed by atoms with Crippen LogP contribution in [-0.2, 0) is 6.54 Å². The molecule has 0 amide bonds. The smallest absolute Gasteiger partial charge is 0.358 e. The van der Waals surface area contributed by atoms with E-state index in [-0.39, 0.29) is 12.4 Å². The molecule has 0 spiro atoms. The largest absolute Gasteiger partial charge is 0.392 e. The summed E-state index contributed by atoms with van der Waals surface area (Å²) in [6.07, 6.45) is 1.59. The number of nitrogens with one attached hydrogen (secondary N) is 1. The van der Waals surface area contributed by atoms with E-state index in [9.17, 15) is 10.1 Å². The van der Waals surface area contributed by atoms with Gasteiger partial charge in [-0.15, -0.1) is 11.3 Å². The Bertz CT molecular complexity index is 825. The summed E-state index contributed by atoms with van der Waals surface area (Å²) in [4.78, 5) is 19.8. The van der Waals surface area contributed by atoms with Crippen LogP contribution in [-0.4, -0.2) is 24.7 Å². The number of hydrazine groups is 1. The zero-order valence-electron chi connectivity index (χ0n) is 11.0. The van der Waals surface area contributed by atoms with E-state index in [0.717, 1.165) is 10.2 Å². The third kappa shape index (κ3) is 2.41. The second kappa shape index (κ2) is 5.07. The summed E-state index contributed by atoms with van der Waals surface area (Å²) in [6, 6.07) is 1.88. The van der Waals surface area contributed by atoms with E-state index in [1.165, 1.54) is 16.0 Å². The number of nitrogens with two attached hydrogens (primary N) is 1. The van der Waals surface area contributed by atoms with Crippen LogP contribution in [0.5, 0.6) is 0 Å². The lowest BCUT2D eigenvalue weighted by atomic mass is 10.3. The summed E-state index contributed by atoms with van der Waals surface area (Å²) in [7, 11) is 0. The standard InChI is InChI=1S/C11H11N7O2S/c1-6-4-17(16-10(6)18(19)20)5-8-13-9(15-12)7-2-3-21-11(7)14-8/h2-4H,5,12H2,1H3,(H,13,14,15). The van der Waals surface area contributed by atoms with Crippen molar-refractivity contribution in [2.24, 2.45) is 5.84 Å². The van der Waals surface area contributed by atoms with Gasteiger partial charge in [0.15, 0.2) is 11.6 Å². The monoisotopic (exact) mass is 305 g/mol. The van der Waals surface area contributed by atoms with Gasteiger partial charge in [0.05, 0.1) is 22.2 Å². The van der Waals surface area contributed by atoms with Crippen molar-refractivity contribution in [1.82, 2.24) is 19.7 Å². The molecule has 0 aliphatic carbocycles. The third-order valence-corrected chi connectivity index (χ3v) is 3.71. The van der Waals surface area contributed by atoms with E-state index < -0.39 is 4.92 Å². The van der Waals surface area contributed by atoms with E-state index in [4.69, 9.17) is 5.84 Å².